The van der Waals surface area contributed by atoms with E-state index in [0.717, 1.165) is 25.1 Å². The molecule has 40 heavy (non-hydrogen) atoms. The number of para-hydroxylation sites is 1. The van der Waals surface area contributed by atoms with E-state index in [4.69, 9.17) is 9.05 Å². The molecule has 0 saturated carbocycles. The van der Waals surface area contributed by atoms with Gasteiger partial charge in [0.1, 0.15) is 11.4 Å². The van der Waals surface area contributed by atoms with Gasteiger partial charge in [-0.05, 0) is 48.6 Å². The molecule has 0 aliphatic carbocycles. The molecule has 5 aromatic carbocycles. The number of hydrogen-bond acceptors (Lipinski definition) is 3. The van der Waals surface area contributed by atoms with Crippen LogP contribution in [0.2, 0.25) is 0 Å². The maximum absolute atomic E-state index is 7.21. The van der Waals surface area contributed by atoms with Crippen LogP contribution in [0.4, 0.5) is 0 Å². The van der Waals surface area contributed by atoms with Gasteiger partial charge in [-0.2, -0.15) is 0 Å². The summed E-state index contributed by atoms with van der Waals surface area (Å²) in [5, 5.41) is 3.83. The third-order valence-electron chi connectivity index (χ3n) is 7.84. The first-order chi connectivity index (χ1) is 19.8. The lowest BCUT2D eigenvalue weighted by Gasteiger charge is -2.34. The van der Waals surface area contributed by atoms with Gasteiger partial charge in [0.2, 0.25) is 0 Å². The van der Waals surface area contributed by atoms with Crippen molar-refractivity contribution in [1.82, 2.24) is 4.67 Å². The third kappa shape index (κ3) is 4.58. The maximum Gasteiger partial charge on any atom is 0.322 e. The van der Waals surface area contributed by atoms with E-state index in [0.29, 0.717) is 0 Å². The summed E-state index contributed by atoms with van der Waals surface area (Å²) >= 11 is 0. The van der Waals surface area contributed by atoms with Crippen LogP contribution in [0.5, 0.6) is 5.75 Å². The zero-order valence-corrected chi connectivity index (χ0v) is 24.0. The van der Waals surface area contributed by atoms with Gasteiger partial charge in [-0.3, -0.25) is 4.52 Å². The van der Waals surface area contributed by atoms with Crippen molar-refractivity contribution in [2.45, 2.75) is 24.5 Å². The summed E-state index contributed by atoms with van der Waals surface area (Å²) in [6.45, 7) is 0.978. The van der Waals surface area contributed by atoms with Crippen LogP contribution in [0.3, 0.4) is 0 Å². The average molecular weight is 560 g/mol. The third-order valence-corrected chi connectivity index (χ3v) is 12.0. The second-order valence-corrected chi connectivity index (χ2v) is 13.7. The molecule has 0 spiro atoms. The lowest BCUT2D eigenvalue weighted by molar-refractivity contribution is 0.108. The Hall–Kier alpha value is -3.32. The molecule has 5 aromatic rings. The summed E-state index contributed by atoms with van der Waals surface area (Å²) < 4.78 is 16.7. The van der Waals surface area contributed by atoms with Crippen LogP contribution >= 0.6 is 16.4 Å². The molecular weight excluding hydrogens is 528 g/mol. The van der Waals surface area contributed by atoms with Crippen LogP contribution < -0.4 is 20.4 Å². The molecule has 3 nitrogen and oxygen atoms in total. The first kappa shape index (κ1) is 25.6. The highest BCUT2D eigenvalue weighted by Crippen LogP contribution is 2.64. The standard InChI is InChI=1S/C35H31NO2P2/c1-5-16-28(17-6-1)35(29-18-7-2-8-19-29)34-26-15-27-36(34)40(38-35)37-32-24-13-14-25-33(32)39(30-20-9-3-10-21-30)31-22-11-4-12-23-31/h1-14,16-25,34H,15,26-27H2/t34-,40?/m0/s1. The Balaban J connectivity index is 1.31. The molecule has 2 aliphatic rings. The lowest BCUT2D eigenvalue weighted by Crippen LogP contribution is -2.40. The van der Waals surface area contributed by atoms with E-state index in [-0.39, 0.29) is 6.04 Å². The van der Waals surface area contributed by atoms with E-state index in [2.05, 4.69) is 150 Å². The Labute approximate surface area is 239 Å². The lowest BCUT2D eigenvalue weighted by atomic mass is 9.79. The quantitative estimate of drug-likeness (QED) is 0.193. The first-order valence-corrected chi connectivity index (χ1v) is 16.4. The fourth-order valence-corrected chi connectivity index (χ4v) is 10.5. The van der Waals surface area contributed by atoms with E-state index in [9.17, 15) is 0 Å². The highest BCUT2D eigenvalue weighted by Gasteiger charge is 2.59. The van der Waals surface area contributed by atoms with Gasteiger partial charge in [0.05, 0.1) is 6.04 Å². The Morgan fingerprint density at radius 2 is 1.15 bits per heavy atom. The second kappa shape index (κ2) is 11.3. The van der Waals surface area contributed by atoms with Gasteiger partial charge in [0, 0.05) is 11.8 Å². The van der Waals surface area contributed by atoms with Crippen LogP contribution in [-0.2, 0) is 10.1 Å². The minimum Gasteiger partial charge on any atom is -0.435 e. The first-order valence-electron chi connectivity index (χ1n) is 13.9. The summed E-state index contributed by atoms with van der Waals surface area (Å²) in [7, 11) is -2.13. The number of hydrogen-bond donors (Lipinski definition) is 0. The van der Waals surface area contributed by atoms with E-state index in [1.807, 2.05) is 0 Å². The number of rotatable bonds is 7. The van der Waals surface area contributed by atoms with Crippen molar-refractivity contribution in [2.75, 3.05) is 6.54 Å². The molecule has 0 amide bonds. The minimum absolute atomic E-state index is 0.223. The Morgan fingerprint density at radius 1 is 0.650 bits per heavy atom. The molecule has 5 heteroatoms. The molecule has 2 heterocycles. The highest BCUT2D eigenvalue weighted by atomic mass is 31.2. The molecule has 0 aromatic heterocycles. The van der Waals surface area contributed by atoms with Gasteiger partial charge in [-0.15, -0.1) is 0 Å². The monoisotopic (exact) mass is 559 g/mol. The molecule has 7 rings (SSSR count). The molecule has 198 valence electrons. The average Bonchev–Trinajstić information content (AvgIpc) is 3.63. The zero-order valence-electron chi connectivity index (χ0n) is 22.2. The van der Waals surface area contributed by atoms with Crippen LogP contribution in [-0.4, -0.2) is 17.3 Å². The highest BCUT2D eigenvalue weighted by molar-refractivity contribution is 7.80. The number of benzene rings is 5. The van der Waals surface area contributed by atoms with Crippen molar-refractivity contribution in [2.24, 2.45) is 0 Å². The van der Waals surface area contributed by atoms with Crippen molar-refractivity contribution < 1.29 is 9.05 Å². The Morgan fingerprint density at radius 3 is 1.73 bits per heavy atom. The largest absolute Gasteiger partial charge is 0.435 e. The fraction of sp³-hybridized carbons (Fsp3) is 0.143. The zero-order chi connectivity index (χ0) is 26.8. The second-order valence-electron chi connectivity index (χ2n) is 10.2. The van der Waals surface area contributed by atoms with Gasteiger partial charge >= 0.3 is 8.53 Å². The SMILES string of the molecule is c1ccc(P(c2ccccc2)c2ccccc2OP2OC(c3ccccc3)(c3ccccc3)[C@@H]3CCCN32)cc1. The summed E-state index contributed by atoms with van der Waals surface area (Å²) in [4.78, 5) is 0. The van der Waals surface area contributed by atoms with Crippen molar-refractivity contribution in [3.8, 4) is 5.75 Å². The van der Waals surface area contributed by atoms with Crippen molar-refractivity contribution in [3.63, 3.8) is 0 Å². The van der Waals surface area contributed by atoms with Gasteiger partial charge in [-0.25, -0.2) is 4.67 Å². The van der Waals surface area contributed by atoms with Crippen LogP contribution in [0.1, 0.15) is 24.0 Å². The van der Waals surface area contributed by atoms with Gasteiger partial charge < -0.3 is 4.52 Å². The predicted molar refractivity (Wildman–Crippen MR) is 167 cm³/mol. The van der Waals surface area contributed by atoms with Crippen LogP contribution in [0.25, 0.3) is 0 Å². The number of nitrogens with zero attached hydrogens (tertiary/aromatic N) is 1. The van der Waals surface area contributed by atoms with E-state index in [1.165, 1.54) is 27.0 Å². The summed E-state index contributed by atoms with van der Waals surface area (Å²) in [5.74, 6) is 0.912. The van der Waals surface area contributed by atoms with Crippen LogP contribution in [0.15, 0.2) is 146 Å². The molecule has 2 aliphatic heterocycles. The molecule has 2 saturated heterocycles. The number of fused-ring (bicyclic) bond motifs is 1. The summed E-state index contributed by atoms with van der Waals surface area (Å²) in [6, 6.07) is 51.9. The van der Waals surface area contributed by atoms with Gasteiger partial charge in [-0.1, -0.05) is 140 Å². The van der Waals surface area contributed by atoms with E-state index >= 15 is 0 Å². The van der Waals surface area contributed by atoms with E-state index < -0.39 is 22.0 Å². The van der Waals surface area contributed by atoms with Crippen LogP contribution in [0, 0.1) is 0 Å². The smallest absolute Gasteiger partial charge is 0.322 e. The summed E-state index contributed by atoms with van der Waals surface area (Å²) in [5.41, 5.74) is 1.81. The molecule has 1 unspecified atom stereocenters. The maximum atomic E-state index is 7.21. The fourth-order valence-electron chi connectivity index (χ4n) is 6.08. The topological polar surface area (TPSA) is 21.7 Å². The molecule has 0 N–H and O–H groups in total. The molecule has 2 atom stereocenters. The molecule has 2 fully saturated rings. The minimum atomic E-state index is -1.33. The molecular formula is C35H31NO2P2. The van der Waals surface area contributed by atoms with Crippen molar-refractivity contribution >= 4 is 32.4 Å². The Kier molecular flexibility index (Phi) is 7.23. The van der Waals surface area contributed by atoms with E-state index in [1.54, 1.807) is 0 Å². The van der Waals surface area contributed by atoms with Crippen molar-refractivity contribution in [1.29, 1.82) is 0 Å². The molecule has 0 radical (unpaired) electrons. The van der Waals surface area contributed by atoms with Crippen molar-refractivity contribution in [3.05, 3.63) is 157 Å². The molecule has 0 bridgehead atoms. The van der Waals surface area contributed by atoms with Gasteiger partial charge in [0.25, 0.3) is 0 Å². The normalized spacial score (nSPS) is 19.9. The van der Waals surface area contributed by atoms with Gasteiger partial charge in [0.15, 0.2) is 0 Å². The predicted octanol–water partition coefficient (Wildman–Crippen LogP) is 7.49. The summed E-state index contributed by atoms with van der Waals surface area (Å²) in [6.07, 6.45) is 2.22. The Bertz CT molecular complexity index is 1470.